The van der Waals surface area contributed by atoms with Gasteiger partial charge in [0.05, 0.1) is 4.90 Å². The van der Waals surface area contributed by atoms with Gasteiger partial charge in [0.2, 0.25) is 0 Å². The zero-order valence-electron chi connectivity index (χ0n) is 11.2. The highest BCUT2D eigenvalue weighted by Crippen LogP contribution is 2.17. The van der Waals surface area contributed by atoms with Crippen LogP contribution in [0.2, 0.25) is 0 Å². The van der Waals surface area contributed by atoms with Crippen molar-refractivity contribution in [2.75, 3.05) is 5.32 Å². The molecule has 0 aliphatic rings. The van der Waals surface area contributed by atoms with Crippen LogP contribution in [0.4, 0.5) is 5.69 Å². The highest BCUT2D eigenvalue weighted by Gasteiger charge is 2.09. The van der Waals surface area contributed by atoms with Gasteiger partial charge in [-0.3, -0.25) is 4.55 Å². The largest absolute Gasteiger partial charge is 0.381 e. The Kier molecular flexibility index (Phi) is 4.42. The van der Waals surface area contributed by atoms with Crippen molar-refractivity contribution in [1.82, 2.24) is 0 Å². The van der Waals surface area contributed by atoms with Gasteiger partial charge in [-0.1, -0.05) is 37.3 Å². The molecule has 0 saturated carbocycles. The van der Waals surface area contributed by atoms with E-state index >= 15 is 0 Å². The molecule has 0 saturated heterocycles. The van der Waals surface area contributed by atoms with Gasteiger partial charge in [0.1, 0.15) is 0 Å². The molecule has 0 bridgehead atoms. The van der Waals surface area contributed by atoms with Crippen LogP contribution in [-0.2, 0) is 23.1 Å². The van der Waals surface area contributed by atoms with Crippen LogP contribution in [-0.4, -0.2) is 13.0 Å². The van der Waals surface area contributed by atoms with Crippen LogP contribution in [0.25, 0.3) is 0 Å². The van der Waals surface area contributed by atoms with Gasteiger partial charge in [0.25, 0.3) is 10.1 Å². The van der Waals surface area contributed by atoms with Gasteiger partial charge < -0.3 is 5.32 Å². The zero-order valence-corrected chi connectivity index (χ0v) is 12.0. The van der Waals surface area contributed by atoms with E-state index in [1.165, 1.54) is 23.3 Å². The summed E-state index contributed by atoms with van der Waals surface area (Å²) in [6.07, 6.45) is 0.947. The van der Waals surface area contributed by atoms with Gasteiger partial charge in [-0.25, -0.2) is 0 Å². The van der Waals surface area contributed by atoms with Crippen molar-refractivity contribution in [2.24, 2.45) is 0 Å². The second-order valence-electron chi connectivity index (χ2n) is 4.48. The average molecular weight is 291 g/mol. The predicted octanol–water partition coefficient (Wildman–Crippen LogP) is 3.11. The van der Waals surface area contributed by atoms with Gasteiger partial charge in [-0.2, -0.15) is 8.42 Å². The first-order chi connectivity index (χ1) is 9.50. The summed E-state index contributed by atoms with van der Waals surface area (Å²) in [7, 11) is -4.16. The SMILES string of the molecule is CCc1ccccc1CNc1cccc(S(=O)(=O)O)c1. The molecule has 2 aromatic carbocycles. The minimum absolute atomic E-state index is 0.105. The fraction of sp³-hybridized carbons (Fsp3) is 0.200. The van der Waals surface area contributed by atoms with Gasteiger partial charge >= 0.3 is 0 Å². The number of benzene rings is 2. The Morgan fingerprint density at radius 3 is 2.40 bits per heavy atom. The van der Waals surface area contributed by atoms with Crippen LogP contribution in [0.1, 0.15) is 18.1 Å². The molecule has 0 aliphatic carbocycles. The van der Waals surface area contributed by atoms with E-state index in [9.17, 15) is 8.42 Å². The molecule has 2 rings (SSSR count). The predicted molar refractivity (Wildman–Crippen MR) is 79.4 cm³/mol. The first-order valence-electron chi connectivity index (χ1n) is 6.39. The molecule has 0 heterocycles. The maximum atomic E-state index is 11.1. The second kappa shape index (κ2) is 6.07. The quantitative estimate of drug-likeness (QED) is 0.831. The van der Waals surface area contributed by atoms with Crippen LogP contribution in [0.5, 0.6) is 0 Å². The van der Waals surface area contributed by atoms with Gasteiger partial charge in [-0.05, 0) is 35.7 Å². The lowest BCUT2D eigenvalue weighted by atomic mass is 10.1. The normalized spacial score (nSPS) is 11.3. The number of hydrogen-bond acceptors (Lipinski definition) is 3. The van der Waals surface area contributed by atoms with Crippen molar-refractivity contribution in [2.45, 2.75) is 24.8 Å². The molecule has 106 valence electrons. The summed E-state index contributed by atoms with van der Waals surface area (Å²) in [6, 6.07) is 14.2. The molecule has 2 aromatic rings. The summed E-state index contributed by atoms with van der Waals surface area (Å²) in [4.78, 5) is -0.105. The summed E-state index contributed by atoms with van der Waals surface area (Å²) in [5.41, 5.74) is 3.09. The van der Waals surface area contributed by atoms with E-state index in [2.05, 4.69) is 18.3 Å². The Morgan fingerprint density at radius 1 is 1.05 bits per heavy atom. The lowest BCUT2D eigenvalue weighted by Crippen LogP contribution is -2.04. The first-order valence-corrected chi connectivity index (χ1v) is 7.83. The van der Waals surface area contributed by atoms with E-state index in [-0.39, 0.29) is 4.90 Å². The summed E-state index contributed by atoms with van der Waals surface area (Å²) in [5.74, 6) is 0. The Morgan fingerprint density at radius 2 is 1.75 bits per heavy atom. The van der Waals surface area contributed by atoms with E-state index < -0.39 is 10.1 Å². The van der Waals surface area contributed by atoms with Gasteiger partial charge in [0.15, 0.2) is 0 Å². The molecule has 2 N–H and O–H groups in total. The first kappa shape index (κ1) is 14.6. The number of aryl methyl sites for hydroxylation is 1. The highest BCUT2D eigenvalue weighted by molar-refractivity contribution is 7.85. The lowest BCUT2D eigenvalue weighted by Gasteiger charge is -2.10. The Bertz CT molecular complexity index is 696. The smallest absolute Gasteiger partial charge is 0.294 e. The number of hydrogen-bond donors (Lipinski definition) is 2. The standard InChI is InChI=1S/C15H17NO3S/c1-2-12-6-3-4-7-13(12)11-16-14-8-5-9-15(10-14)20(17,18)19/h3-10,16H,2,11H2,1H3,(H,17,18,19). The van der Waals surface area contributed by atoms with E-state index in [1.807, 2.05) is 18.2 Å². The summed E-state index contributed by atoms with van der Waals surface area (Å²) >= 11 is 0. The third-order valence-corrected chi connectivity index (χ3v) is 3.96. The van der Waals surface area contributed by atoms with Gasteiger partial charge in [-0.15, -0.1) is 0 Å². The summed E-state index contributed by atoms with van der Waals surface area (Å²) < 4.78 is 31.2. The molecule has 0 amide bonds. The number of nitrogens with one attached hydrogen (secondary N) is 1. The molecule has 0 aliphatic heterocycles. The summed E-state index contributed by atoms with van der Waals surface area (Å²) in [6.45, 7) is 2.71. The monoisotopic (exact) mass is 291 g/mol. The average Bonchev–Trinajstić information content (AvgIpc) is 2.45. The molecule has 0 radical (unpaired) electrons. The van der Waals surface area contributed by atoms with E-state index in [1.54, 1.807) is 12.1 Å². The van der Waals surface area contributed by atoms with Crippen LogP contribution < -0.4 is 5.32 Å². The maximum absolute atomic E-state index is 11.1. The molecule has 4 nitrogen and oxygen atoms in total. The molecule has 5 heteroatoms. The molecular weight excluding hydrogens is 274 g/mol. The van der Waals surface area contributed by atoms with Gasteiger partial charge in [0, 0.05) is 12.2 Å². The summed E-state index contributed by atoms with van der Waals surface area (Å²) in [5, 5.41) is 3.17. The fourth-order valence-electron chi connectivity index (χ4n) is 2.04. The molecule has 0 spiro atoms. The Hall–Kier alpha value is -1.85. The van der Waals surface area contributed by atoms with Crippen LogP contribution in [0, 0.1) is 0 Å². The van der Waals surface area contributed by atoms with Crippen molar-refractivity contribution >= 4 is 15.8 Å². The van der Waals surface area contributed by atoms with Crippen molar-refractivity contribution in [3.8, 4) is 0 Å². The van der Waals surface area contributed by atoms with Crippen LogP contribution in [0.15, 0.2) is 53.4 Å². The number of rotatable bonds is 5. The van der Waals surface area contributed by atoms with E-state index in [0.717, 1.165) is 6.42 Å². The molecular formula is C15H17NO3S. The third-order valence-electron chi connectivity index (χ3n) is 3.11. The Labute approximate surface area is 119 Å². The fourth-order valence-corrected chi connectivity index (χ4v) is 2.57. The molecule has 0 fully saturated rings. The van der Waals surface area contributed by atoms with E-state index in [4.69, 9.17) is 4.55 Å². The van der Waals surface area contributed by atoms with Crippen molar-refractivity contribution in [3.05, 3.63) is 59.7 Å². The van der Waals surface area contributed by atoms with E-state index in [0.29, 0.717) is 12.2 Å². The van der Waals surface area contributed by atoms with Crippen molar-refractivity contribution in [1.29, 1.82) is 0 Å². The minimum Gasteiger partial charge on any atom is -0.381 e. The maximum Gasteiger partial charge on any atom is 0.294 e. The van der Waals surface area contributed by atoms with Crippen molar-refractivity contribution in [3.63, 3.8) is 0 Å². The second-order valence-corrected chi connectivity index (χ2v) is 5.90. The van der Waals surface area contributed by atoms with Crippen LogP contribution in [0.3, 0.4) is 0 Å². The third kappa shape index (κ3) is 3.59. The van der Waals surface area contributed by atoms with Crippen LogP contribution >= 0.6 is 0 Å². The molecule has 0 atom stereocenters. The topological polar surface area (TPSA) is 66.4 Å². The molecule has 0 aromatic heterocycles. The minimum atomic E-state index is -4.16. The van der Waals surface area contributed by atoms with Crippen molar-refractivity contribution < 1.29 is 13.0 Å². The highest BCUT2D eigenvalue weighted by atomic mass is 32.2. The number of anilines is 1. The molecule has 20 heavy (non-hydrogen) atoms. The lowest BCUT2D eigenvalue weighted by molar-refractivity contribution is 0.483. The molecule has 0 unspecified atom stereocenters. The Balaban J connectivity index is 2.15. The zero-order chi connectivity index (χ0) is 14.6.